The minimum atomic E-state index is -1.41. The highest BCUT2D eigenvalue weighted by atomic mass is 16.6. The van der Waals surface area contributed by atoms with Gasteiger partial charge in [-0.05, 0) is 119 Å². The Kier molecular flexibility index (Phi) is 22.0. The van der Waals surface area contributed by atoms with Gasteiger partial charge in [0.1, 0.15) is 36.0 Å². The Bertz CT molecular complexity index is 1470. The highest BCUT2D eigenvalue weighted by molar-refractivity contribution is 5.96. The zero-order valence-corrected chi connectivity index (χ0v) is 39.2. The minimum Gasteiger partial charge on any atom is -0.444 e. The Balaban J connectivity index is 2.82. The molecule has 61 heavy (non-hydrogen) atoms. The number of unbranched alkanes of at least 4 members (excludes halogenated alkanes) is 2. The monoisotopic (exact) mass is 861 g/mol. The number of hydrogen-bond donors (Lipinski definition) is 5. The Morgan fingerprint density at radius 2 is 1.48 bits per heavy atom. The average Bonchev–Trinajstić information content (AvgIpc) is 3.15. The normalized spacial score (nSPS) is 26.5. The summed E-state index contributed by atoms with van der Waals surface area (Å²) in [6.07, 6.45) is 8.26. The maximum Gasteiger partial charge on any atom is 0.407 e. The zero-order chi connectivity index (χ0) is 46.1. The van der Waals surface area contributed by atoms with Crippen molar-refractivity contribution >= 4 is 35.6 Å². The molecule has 15 nitrogen and oxygen atoms in total. The van der Waals surface area contributed by atoms with Gasteiger partial charge < -0.3 is 45.7 Å². The molecule has 1 heterocycles. The van der Waals surface area contributed by atoms with E-state index in [-0.39, 0.29) is 17.7 Å². The average molecular weight is 861 g/mol. The summed E-state index contributed by atoms with van der Waals surface area (Å²) in [5.74, 6) is -3.76. The molecule has 1 unspecified atom stereocenters. The van der Waals surface area contributed by atoms with Gasteiger partial charge in [0.15, 0.2) is 0 Å². The van der Waals surface area contributed by atoms with E-state index in [0.717, 1.165) is 32.1 Å². The molecular formula is C46H80N6O9. The standard InChI is InChI=1S/C46H80N6O9/c1-14-16-18-22-26-36-33(25-17-15-2)43(57)52(13)35(27-29(3)4)40(54)51-38(32-23-20-19-21-24-32)42(56)49-34(28-47-44(58)61-46(10,11)12)39(53)50-37(30(5)60-45(7,8)9)41(55)48-31(6)59-36/h14-15,29-38H,1-2,16-28H2,3-13H3,(H,47,58)(H,48,55)(H,49,56)(H,50,53)(H,51,54)/t30-,31-,33+,34-,35-,36+,37-,38?/m0/s1. The molecule has 2 fully saturated rings. The first kappa shape index (κ1) is 53.2. The SMILES string of the molecule is C=CCCCC[C@H]1O[C@@H](C)NC(=O)[C@H]([C@H](C)OC(C)(C)C)NC(=O)[C@H](CNC(=O)OC(C)(C)C)NC(=O)C(C2CCCCC2)NC(=O)[C@H](CC(C)C)N(C)C(=O)[C@@H]1CCC=C. The highest BCUT2D eigenvalue weighted by Gasteiger charge is 2.41. The number of rotatable bonds is 15. The quantitative estimate of drug-likeness (QED) is 0.0998. The van der Waals surface area contributed by atoms with E-state index >= 15 is 0 Å². The van der Waals surface area contributed by atoms with Crippen LogP contribution in [0.25, 0.3) is 0 Å². The largest absolute Gasteiger partial charge is 0.444 e. The number of amides is 6. The molecule has 0 bridgehead atoms. The lowest BCUT2D eigenvalue weighted by molar-refractivity contribution is -0.152. The van der Waals surface area contributed by atoms with Crippen molar-refractivity contribution in [2.75, 3.05) is 13.6 Å². The van der Waals surface area contributed by atoms with Gasteiger partial charge >= 0.3 is 6.09 Å². The van der Waals surface area contributed by atoms with Crippen molar-refractivity contribution in [1.29, 1.82) is 0 Å². The van der Waals surface area contributed by atoms with Gasteiger partial charge in [-0.25, -0.2) is 4.79 Å². The van der Waals surface area contributed by atoms with Gasteiger partial charge in [0.25, 0.3) is 0 Å². The lowest BCUT2D eigenvalue weighted by atomic mass is 9.83. The number of nitrogens with one attached hydrogen (secondary N) is 5. The molecule has 5 N–H and O–H groups in total. The number of ether oxygens (including phenoxy) is 3. The van der Waals surface area contributed by atoms with Crippen molar-refractivity contribution in [2.24, 2.45) is 17.8 Å². The van der Waals surface area contributed by atoms with Crippen LogP contribution in [0.5, 0.6) is 0 Å². The molecule has 0 spiro atoms. The summed E-state index contributed by atoms with van der Waals surface area (Å²) < 4.78 is 18.2. The van der Waals surface area contributed by atoms with Crippen LogP contribution in [0.3, 0.4) is 0 Å². The molecule has 0 radical (unpaired) electrons. The third kappa shape index (κ3) is 18.9. The maximum atomic E-state index is 14.8. The molecule has 1 aliphatic heterocycles. The maximum absolute atomic E-state index is 14.8. The predicted molar refractivity (Wildman–Crippen MR) is 237 cm³/mol. The van der Waals surface area contributed by atoms with E-state index in [2.05, 4.69) is 39.7 Å². The van der Waals surface area contributed by atoms with Crippen LogP contribution in [-0.4, -0.2) is 108 Å². The summed E-state index contributed by atoms with van der Waals surface area (Å²) in [6.45, 7) is 25.2. The van der Waals surface area contributed by atoms with Gasteiger partial charge in [0.2, 0.25) is 29.5 Å². The van der Waals surface area contributed by atoms with Gasteiger partial charge in [-0.2, -0.15) is 0 Å². The summed E-state index contributed by atoms with van der Waals surface area (Å²) in [7, 11) is 1.62. The number of alkyl carbamates (subject to hydrolysis) is 1. The molecule has 1 aliphatic carbocycles. The van der Waals surface area contributed by atoms with Gasteiger partial charge in [-0.1, -0.05) is 51.7 Å². The van der Waals surface area contributed by atoms with E-state index in [9.17, 15) is 28.8 Å². The summed E-state index contributed by atoms with van der Waals surface area (Å²) in [5.41, 5.74) is -1.56. The van der Waals surface area contributed by atoms with E-state index in [1.807, 2.05) is 40.7 Å². The lowest BCUT2D eigenvalue weighted by Crippen LogP contribution is -2.64. The number of likely N-dealkylation sites (N-methyl/N-ethyl adjacent to an activating group) is 1. The number of carbonyl (C=O) groups excluding carboxylic acids is 6. The van der Waals surface area contributed by atoms with Crippen LogP contribution in [0.1, 0.15) is 146 Å². The molecule has 1 saturated heterocycles. The first-order valence-electron chi connectivity index (χ1n) is 22.5. The second-order valence-corrected chi connectivity index (χ2v) is 19.2. The Morgan fingerprint density at radius 1 is 0.836 bits per heavy atom. The molecule has 6 amide bonds. The van der Waals surface area contributed by atoms with E-state index < -0.39 is 96.0 Å². The number of carbonyl (C=O) groups is 6. The molecule has 0 aromatic heterocycles. The third-order valence-electron chi connectivity index (χ3n) is 10.9. The van der Waals surface area contributed by atoms with Crippen molar-refractivity contribution in [3.05, 3.63) is 25.3 Å². The summed E-state index contributed by atoms with van der Waals surface area (Å²) >= 11 is 0. The minimum absolute atomic E-state index is 0.00299. The Labute approximate surface area is 366 Å². The fraction of sp³-hybridized carbons (Fsp3) is 0.783. The van der Waals surface area contributed by atoms with Gasteiger partial charge in [-0.3, -0.25) is 24.0 Å². The van der Waals surface area contributed by atoms with Crippen molar-refractivity contribution in [1.82, 2.24) is 31.5 Å². The fourth-order valence-corrected chi connectivity index (χ4v) is 8.01. The molecule has 1 saturated carbocycles. The predicted octanol–water partition coefficient (Wildman–Crippen LogP) is 5.81. The molecular weight excluding hydrogens is 781 g/mol. The summed E-state index contributed by atoms with van der Waals surface area (Å²) in [4.78, 5) is 87.0. The third-order valence-corrected chi connectivity index (χ3v) is 10.9. The number of hydrogen-bond acceptors (Lipinski definition) is 9. The van der Waals surface area contributed by atoms with Crippen LogP contribution in [-0.2, 0) is 38.2 Å². The van der Waals surface area contributed by atoms with E-state index in [1.54, 1.807) is 47.7 Å². The lowest BCUT2D eigenvalue weighted by Gasteiger charge is -2.38. The second kappa shape index (κ2) is 25.2. The summed E-state index contributed by atoms with van der Waals surface area (Å²) in [5, 5.41) is 14.1. The first-order valence-corrected chi connectivity index (χ1v) is 22.5. The Hall–Kier alpha value is -3.98. The van der Waals surface area contributed by atoms with Crippen LogP contribution in [0.2, 0.25) is 0 Å². The molecule has 2 rings (SSSR count). The number of nitrogens with zero attached hydrogens (tertiary/aromatic N) is 1. The summed E-state index contributed by atoms with van der Waals surface area (Å²) in [6, 6.07) is -4.71. The molecule has 8 atom stereocenters. The van der Waals surface area contributed by atoms with Crippen LogP contribution < -0.4 is 26.6 Å². The molecule has 2 aliphatic rings. The van der Waals surface area contributed by atoms with Crippen molar-refractivity contribution < 1.29 is 43.0 Å². The zero-order valence-electron chi connectivity index (χ0n) is 39.2. The van der Waals surface area contributed by atoms with E-state index in [4.69, 9.17) is 14.2 Å². The second-order valence-electron chi connectivity index (χ2n) is 19.2. The van der Waals surface area contributed by atoms with Crippen molar-refractivity contribution in [2.45, 2.75) is 200 Å². The highest BCUT2D eigenvalue weighted by Crippen LogP contribution is 2.29. The molecule has 0 aromatic carbocycles. The van der Waals surface area contributed by atoms with Crippen LogP contribution in [0.15, 0.2) is 25.3 Å². The Morgan fingerprint density at radius 3 is 2.05 bits per heavy atom. The van der Waals surface area contributed by atoms with Gasteiger partial charge in [0.05, 0.1) is 30.3 Å². The molecule has 15 heteroatoms. The van der Waals surface area contributed by atoms with Gasteiger partial charge in [-0.15, -0.1) is 13.2 Å². The van der Waals surface area contributed by atoms with Crippen LogP contribution in [0, 0.1) is 17.8 Å². The fourth-order valence-electron chi connectivity index (χ4n) is 8.01. The smallest absolute Gasteiger partial charge is 0.407 e. The van der Waals surface area contributed by atoms with E-state index in [0.29, 0.717) is 44.9 Å². The number of allylic oxidation sites excluding steroid dienone is 2. The van der Waals surface area contributed by atoms with Crippen molar-refractivity contribution in [3.8, 4) is 0 Å². The van der Waals surface area contributed by atoms with Crippen molar-refractivity contribution in [3.63, 3.8) is 0 Å². The first-order chi connectivity index (χ1) is 28.5. The van der Waals surface area contributed by atoms with Crippen LogP contribution >= 0.6 is 0 Å². The van der Waals surface area contributed by atoms with Crippen LogP contribution in [0.4, 0.5) is 4.79 Å². The van der Waals surface area contributed by atoms with E-state index in [1.165, 1.54) is 4.90 Å². The molecule has 348 valence electrons. The van der Waals surface area contributed by atoms with Gasteiger partial charge in [0, 0.05) is 7.05 Å². The molecule has 0 aromatic rings. The topological polar surface area (TPSA) is 194 Å².